The molecule has 5 heteroatoms. The van der Waals surface area contributed by atoms with Crippen molar-refractivity contribution in [1.29, 1.82) is 0 Å². The Balaban J connectivity index is 0.00000169. The van der Waals surface area contributed by atoms with Gasteiger partial charge in [0.25, 0.3) is 0 Å². The number of hydrogen-bond acceptors (Lipinski definition) is 4. The van der Waals surface area contributed by atoms with Crippen LogP contribution in [0.2, 0.25) is 0 Å². The van der Waals surface area contributed by atoms with Gasteiger partial charge in [-0.05, 0) is 6.08 Å². The molecule has 14 heavy (non-hydrogen) atoms. The smallest absolute Gasteiger partial charge is 0.147 e. The second-order valence-corrected chi connectivity index (χ2v) is 2.52. The zero-order chi connectivity index (χ0) is 9.84. The minimum Gasteiger partial charge on any atom is -0.505 e. The highest BCUT2D eigenvalue weighted by molar-refractivity contribution is 5.85. The number of aliphatic hydroxyl groups is 2. The van der Waals surface area contributed by atoms with Crippen molar-refractivity contribution in [1.82, 2.24) is 4.98 Å². The number of rotatable bonds is 3. The molecule has 1 aromatic heterocycles. The topological polar surface area (TPSA) is 73.6 Å². The number of hydrogen-bond donors (Lipinski definition) is 3. The molecule has 0 fully saturated rings. The van der Waals surface area contributed by atoms with E-state index < -0.39 is 0 Å². The zero-order valence-electron chi connectivity index (χ0n) is 7.47. The molecule has 3 N–H and O–H groups in total. The van der Waals surface area contributed by atoms with Gasteiger partial charge in [0, 0.05) is 17.3 Å². The molecule has 0 aliphatic rings. The Morgan fingerprint density at radius 2 is 2.00 bits per heavy atom. The molecule has 4 nitrogen and oxygen atoms in total. The van der Waals surface area contributed by atoms with Gasteiger partial charge in [0.05, 0.1) is 13.2 Å². The molecule has 0 aliphatic carbocycles. The van der Waals surface area contributed by atoms with Gasteiger partial charge in [-0.2, -0.15) is 0 Å². The monoisotopic (exact) mass is 217 g/mol. The first-order valence-electron chi connectivity index (χ1n) is 3.78. The van der Waals surface area contributed by atoms with E-state index in [2.05, 4.69) is 11.6 Å². The predicted octanol–water partition coefficient (Wildman–Crippen LogP) is 0.837. The Hall–Kier alpha value is -1.10. The van der Waals surface area contributed by atoms with Crippen molar-refractivity contribution in [2.45, 2.75) is 13.2 Å². The average Bonchev–Trinajstić information content (AvgIpc) is 2.17. The maximum absolute atomic E-state index is 9.50. The van der Waals surface area contributed by atoms with Gasteiger partial charge >= 0.3 is 0 Å². The van der Waals surface area contributed by atoms with Gasteiger partial charge in [-0.1, -0.05) is 6.58 Å². The fraction of sp³-hybridized carbons (Fsp3) is 0.222. The third-order valence-electron chi connectivity index (χ3n) is 1.80. The first kappa shape index (κ1) is 12.9. The van der Waals surface area contributed by atoms with Crippen LogP contribution in [0.3, 0.4) is 0 Å². The van der Waals surface area contributed by atoms with E-state index >= 15 is 0 Å². The molecule has 0 saturated heterocycles. The van der Waals surface area contributed by atoms with Gasteiger partial charge in [-0.3, -0.25) is 4.98 Å². The normalized spacial score (nSPS) is 9.29. The maximum atomic E-state index is 9.50. The average molecular weight is 218 g/mol. The minimum atomic E-state index is -0.328. The van der Waals surface area contributed by atoms with Crippen LogP contribution in [0.25, 0.3) is 6.08 Å². The number of halogens is 1. The van der Waals surface area contributed by atoms with E-state index in [9.17, 15) is 5.11 Å². The van der Waals surface area contributed by atoms with E-state index in [1.165, 1.54) is 12.3 Å². The van der Waals surface area contributed by atoms with Gasteiger partial charge in [-0.25, -0.2) is 0 Å². The lowest BCUT2D eigenvalue weighted by atomic mass is 10.1. The molecule has 0 unspecified atom stereocenters. The van der Waals surface area contributed by atoms with Crippen molar-refractivity contribution in [3.63, 3.8) is 0 Å². The van der Waals surface area contributed by atoms with Crippen molar-refractivity contribution < 1.29 is 15.3 Å². The summed E-state index contributed by atoms with van der Waals surface area (Å²) >= 11 is 0. The quantitative estimate of drug-likeness (QED) is 0.702. The van der Waals surface area contributed by atoms with E-state index in [4.69, 9.17) is 10.2 Å². The number of aliphatic hydroxyl groups excluding tert-OH is 2. The highest BCUT2D eigenvalue weighted by Crippen LogP contribution is 2.24. The van der Waals surface area contributed by atoms with Gasteiger partial charge in [-0.15, -0.1) is 12.4 Å². The SMILES string of the molecule is C=Cc1ncc(CO)c(CO)c1O.Cl. The summed E-state index contributed by atoms with van der Waals surface area (Å²) < 4.78 is 0. The summed E-state index contributed by atoms with van der Waals surface area (Å²) in [6, 6.07) is 0. The lowest BCUT2D eigenvalue weighted by Gasteiger charge is -2.08. The van der Waals surface area contributed by atoms with Crippen LogP contribution >= 0.6 is 12.4 Å². The van der Waals surface area contributed by atoms with Gasteiger partial charge < -0.3 is 15.3 Å². The molecule has 1 rings (SSSR count). The Morgan fingerprint density at radius 3 is 2.43 bits per heavy atom. The third kappa shape index (κ3) is 2.23. The highest BCUT2D eigenvalue weighted by atomic mass is 35.5. The molecule has 0 aromatic carbocycles. The fourth-order valence-corrected chi connectivity index (χ4v) is 1.06. The molecule has 0 aliphatic heterocycles. The lowest BCUT2D eigenvalue weighted by molar-refractivity contribution is 0.254. The molecule has 78 valence electrons. The van der Waals surface area contributed by atoms with E-state index in [1.807, 2.05) is 0 Å². The van der Waals surface area contributed by atoms with Crippen LogP contribution in [0, 0.1) is 0 Å². The van der Waals surface area contributed by atoms with Crippen LogP contribution in [0.5, 0.6) is 5.75 Å². The fourth-order valence-electron chi connectivity index (χ4n) is 1.06. The second-order valence-electron chi connectivity index (χ2n) is 2.52. The number of nitrogens with zero attached hydrogens (tertiary/aromatic N) is 1. The van der Waals surface area contributed by atoms with Crippen LogP contribution in [-0.4, -0.2) is 20.3 Å². The predicted molar refractivity (Wildman–Crippen MR) is 55.1 cm³/mol. The zero-order valence-corrected chi connectivity index (χ0v) is 8.29. The Bertz CT molecular complexity index is 328. The van der Waals surface area contributed by atoms with E-state index in [1.54, 1.807) is 0 Å². The molecule has 0 spiro atoms. The summed E-state index contributed by atoms with van der Waals surface area (Å²) in [6.45, 7) is 2.87. The number of pyridine rings is 1. The molecular formula is C9H12ClNO3. The second kappa shape index (κ2) is 5.59. The molecule has 0 amide bonds. The Morgan fingerprint density at radius 1 is 1.36 bits per heavy atom. The number of aromatic nitrogens is 1. The van der Waals surface area contributed by atoms with Crippen LogP contribution in [0.4, 0.5) is 0 Å². The van der Waals surface area contributed by atoms with Gasteiger partial charge in [0.15, 0.2) is 0 Å². The molecule has 0 radical (unpaired) electrons. The van der Waals surface area contributed by atoms with Crippen molar-refractivity contribution >= 4 is 18.5 Å². The van der Waals surface area contributed by atoms with Crippen molar-refractivity contribution in [3.05, 3.63) is 29.6 Å². The Kier molecular flexibility index (Phi) is 5.15. The first-order valence-corrected chi connectivity index (χ1v) is 3.78. The molecule has 1 aromatic rings. The van der Waals surface area contributed by atoms with Crippen molar-refractivity contribution in [3.8, 4) is 5.75 Å². The van der Waals surface area contributed by atoms with Crippen LogP contribution in [-0.2, 0) is 13.2 Å². The summed E-state index contributed by atoms with van der Waals surface area (Å²) in [6.07, 6.45) is 2.79. The van der Waals surface area contributed by atoms with Crippen LogP contribution < -0.4 is 0 Å². The Labute approximate surface area is 88.0 Å². The first-order chi connectivity index (χ1) is 6.24. The minimum absolute atomic E-state index is 0. The van der Waals surface area contributed by atoms with Crippen LogP contribution in [0.1, 0.15) is 16.8 Å². The molecular weight excluding hydrogens is 206 g/mol. The van der Waals surface area contributed by atoms with Gasteiger partial charge in [0.1, 0.15) is 11.4 Å². The standard InChI is InChI=1S/C9H11NO3.ClH/c1-2-8-9(13)7(5-12)6(4-11)3-10-8;/h2-3,11-13H,1,4-5H2;1H. The summed E-state index contributed by atoms with van der Waals surface area (Å²) in [4.78, 5) is 3.84. The molecule has 1 heterocycles. The highest BCUT2D eigenvalue weighted by Gasteiger charge is 2.10. The summed E-state index contributed by atoms with van der Waals surface area (Å²) in [7, 11) is 0. The van der Waals surface area contributed by atoms with E-state index in [0.29, 0.717) is 16.8 Å². The molecule has 0 saturated carbocycles. The van der Waals surface area contributed by atoms with Gasteiger partial charge in [0.2, 0.25) is 0 Å². The summed E-state index contributed by atoms with van der Waals surface area (Å²) in [5.41, 5.74) is 1.03. The largest absolute Gasteiger partial charge is 0.505 e. The lowest BCUT2D eigenvalue weighted by Crippen LogP contribution is -1.98. The molecule has 0 atom stereocenters. The number of aromatic hydroxyl groups is 1. The van der Waals surface area contributed by atoms with E-state index in [-0.39, 0.29) is 31.4 Å². The van der Waals surface area contributed by atoms with Crippen LogP contribution in [0.15, 0.2) is 12.8 Å². The summed E-state index contributed by atoms with van der Waals surface area (Å²) in [5.74, 6) is -0.121. The summed E-state index contributed by atoms with van der Waals surface area (Å²) in [5, 5.41) is 27.3. The van der Waals surface area contributed by atoms with E-state index in [0.717, 1.165) is 0 Å². The van der Waals surface area contributed by atoms with Crippen molar-refractivity contribution in [2.75, 3.05) is 0 Å². The maximum Gasteiger partial charge on any atom is 0.147 e. The third-order valence-corrected chi connectivity index (χ3v) is 1.80. The molecule has 0 bridgehead atoms. The van der Waals surface area contributed by atoms with Crippen molar-refractivity contribution in [2.24, 2.45) is 0 Å².